The Morgan fingerprint density at radius 2 is 2.16 bits per heavy atom. The van der Waals surface area contributed by atoms with Crippen molar-refractivity contribution in [2.75, 3.05) is 12.8 Å². The molecule has 0 amide bonds. The number of pyridine rings is 1. The van der Waals surface area contributed by atoms with Gasteiger partial charge in [0.2, 0.25) is 5.95 Å². The summed E-state index contributed by atoms with van der Waals surface area (Å²) in [7, 11) is 1.52. The number of nitrogens with two attached hydrogens (primary N) is 1. The molecule has 1 aromatic carbocycles. The van der Waals surface area contributed by atoms with Crippen LogP contribution in [-0.4, -0.2) is 21.6 Å². The molecular formula is C13H11FN4O. The predicted molar refractivity (Wildman–Crippen MR) is 69.8 cm³/mol. The highest BCUT2D eigenvalue weighted by molar-refractivity contribution is 5.79. The molecule has 5 nitrogen and oxygen atoms in total. The molecule has 0 fully saturated rings. The maximum Gasteiger partial charge on any atom is 0.206 e. The molecule has 0 aliphatic heterocycles. The molecule has 2 heterocycles. The van der Waals surface area contributed by atoms with Crippen LogP contribution in [0.3, 0.4) is 0 Å². The standard InChI is InChI=1S/C13H11FN4O/c1-19-8-2-3-9(14)12(6-8)18-11-4-5-16-7-10(11)17-13(18)15/h2-7H,1H3,(H2,15,17). The van der Waals surface area contributed by atoms with Crippen molar-refractivity contribution in [1.29, 1.82) is 0 Å². The first-order chi connectivity index (χ1) is 9.20. The second-order valence-electron chi connectivity index (χ2n) is 3.99. The van der Waals surface area contributed by atoms with Crippen LogP contribution in [0.15, 0.2) is 36.7 Å². The van der Waals surface area contributed by atoms with E-state index in [0.717, 1.165) is 0 Å². The van der Waals surface area contributed by atoms with Crippen LogP contribution >= 0.6 is 0 Å². The zero-order chi connectivity index (χ0) is 13.4. The zero-order valence-corrected chi connectivity index (χ0v) is 10.2. The number of methoxy groups -OCH3 is 1. The van der Waals surface area contributed by atoms with Gasteiger partial charge in [-0.05, 0) is 18.2 Å². The van der Waals surface area contributed by atoms with Crippen LogP contribution < -0.4 is 10.5 Å². The average Bonchev–Trinajstić information content (AvgIpc) is 2.75. The Bertz CT molecular complexity index is 753. The summed E-state index contributed by atoms with van der Waals surface area (Å²) in [5.74, 6) is 0.352. The summed E-state index contributed by atoms with van der Waals surface area (Å²) in [6, 6.07) is 6.20. The molecule has 96 valence electrons. The van der Waals surface area contributed by atoms with E-state index in [1.807, 2.05) is 0 Å². The number of nitrogen functional groups attached to an aromatic ring is 1. The molecule has 0 unspecified atom stereocenters. The molecule has 19 heavy (non-hydrogen) atoms. The topological polar surface area (TPSA) is 66.0 Å². The summed E-state index contributed by atoms with van der Waals surface area (Å²) >= 11 is 0. The average molecular weight is 258 g/mol. The van der Waals surface area contributed by atoms with Crippen LogP contribution in [0.2, 0.25) is 0 Å². The Hall–Kier alpha value is -2.63. The third-order valence-corrected chi connectivity index (χ3v) is 2.88. The third kappa shape index (κ3) is 1.77. The molecule has 0 spiro atoms. The highest BCUT2D eigenvalue weighted by atomic mass is 19.1. The molecule has 6 heteroatoms. The normalized spacial score (nSPS) is 10.8. The van der Waals surface area contributed by atoms with E-state index in [2.05, 4.69) is 9.97 Å². The Kier molecular flexibility index (Phi) is 2.56. The number of anilines is 1. The van der Waals surface area contributed by atoms with E-state index in [0.29, 0.717) is 22.5 Å². The molecule has 0 atom stereocenters. The highest BCUT2D eigenvalue weighted by Gasteiger charge is 2.14. The summed E-state index contributed by atoms with van der Waals surface area (Å²) in [6.45, 7) is 0. The zero-order valence-electron chi connectivity index (χ0n) is 10.2. The monoisotopic (exact) mass is 258 g/mol. The molecule has 0 aliphatic carbocycles. The lowest BCUT2D eigenvalue weighted by molar-refractivity contribution is 0.413. The summed E-state index contributed by atoms with van der Waals surface area (Å²) in [4.78, 5) is 8.12. The van der Waals surface area contributed by atoms with Gasteiger partial charge in [-0.3, -0.25) is 9.55 Å². The Balaban J connectivity index is 2.32. The van der Waals surface area contributed by atoms with E-state index >= 15 is 0 Å². The molecule has 0 aliphatic rings. The number of rotatable bonds is 2. The highest BCUT2D eigenvalue weighted by Crippen LogP contribution is 2.26. The minimum atomic E-state index is -0.399. The molecule has 0 radical (unpaired) electrons. The van der Waals surface area contributed by atoms with Crippen molar-refractivity contribution >= 4 is 17.0 Å². The number of hydrogen-bond donors (Lipinski definition) is 1. The predicted octanol–water partition coefficient (Wildman–Crippen LogP) is 2.15. The van der Waals surface area contributed by atoms with Crippen molar-refractivity contribution in [3.05, 3.63) is 42.5 Å². The lowest BCUT2D eigenvalue weighted by Gasteiger charge is -2.09. The Morgan fingerprint density at radius 1 is 1.32 bits per heavy atom. The molecule has 2 aromatic heterocycles. The van der Waals surface area contributed by atoms with E-state index in [1.165, 1.54) is 17.7 Å². The van der Waals surface area contributed by atoms with Crippen LogP contribution in [0, 0.1) is 5.82 Å². The molecule has 0 bridgehead atoms. The number of aromatic nitrogens is 3. The first kappa shape index (κ1) is 11.5. The van der Waals surface area contributed by atoms with Crippen LogP contribution in [-0.2, 0) is 0 Å². The number of halogens is 1. The number of fused-ring (bicyclic) bond motifs is 1. The number of imidazole rings is 1. The lowest BCUT2D eigenvalue weighted by Crippen LogP contribution is -2.03. The smallest absolute Gasteiger partial charge is 0.206 e. The minimum absolute atomic E-state index is 0.204. The lowest BCUT2D eigenvalue weighted by atomic mass is 10.2. The van der Waals surface area contributed by atoms with Gasteiger partial charge in [0.1, 0.15) is 17.1 Å². The van der Waals surface area contributed by atoms with Gasteiger partial charge in [0.15, 0.2) is 0 Å². The van der Waals surface area contributed by atoms with Crippen molar-refractivity contribution in [1.82, 2.24) is 14.5 Å². The van der Waals surface area contributed by atoms with Crippen LogP contribution in [0.25, 0.3) is 16.7 Å². The van der Waals surface area contributed by atoms with E-state index in [-0.39, 0.29) is 5.95 Å². The fourth-order valence-electron chi connectivity index (χ4n) is 1.99. The molecule has 0 saturated carbocycles. The number of benzene rings is 1. The van der Waals surface area contributed by atoms with Crippen molar-refractivity contribution in [2.45, 2.75) is 0 Å². The molecule has 3 aromatic rings. The Labute approximate surface area is 108 Å². The maximum absolute atomic E-state index is 14.0. The number of nitrogens with zero attached hydrogens (tertiary/aromatic N) is 3. The van der Waals surface area contributed by atoms with Gasteiger partial charge in [-0.25, -0.2) is 9.37 Å². The largest absolute Gasteiger partial charge is 0.497 e. The van der Waals surface area contributed by atoms with Gasteiger partial charge in [-0.2, -0.15) is 0 Å². The third-order valence-electron chi connectivity index (χ3n) is 2.88. The summed E-state index contributed by atoms with van der Waals surface area (Å²) in [5.41, 5.74) is 7.47. The van der Waals surface area contributed by atoms with Gasteiger partial charge in [0.05, 0.1) is 24.5 Å². The van der Waals surface area contributed by atoms with Gasteiger partial charge >= 0.3 is 0 Å². The van der Waals surface area contributed by atoms with Crippen molar-refractivity contribution < 1.29 is 9.13 Å². The van der Waals surface area contributed by atoms with Crippen LogP contribution in [0.5, 0.6) is 5.75 Å². The molecule has 0 saturated heterocycles. The SMILES string of the molecule is COc1ccc(F)c(-n2c(N)nc3cnccc32)c1. The van der Waals surface area contributed by atoms with E-state index in [9.17, 15) is 4.39 Å². The quantitative estimate of drug-likeness (QED) is 0.764. The fourth-order valence-corrected chi connectivity index (χ4v) is 1.99. The van der Waals surface area contributed by atoms with Crippen molar-refractivity contribution in [3.8, 4) is 11.4 Å². The van der Waals surface area contributed by atoms with Gasteiger partial charge in [-0.1, -0.05) is 0 Å². The van der Waals surface area contributed by atoms with Crippen LogP contribution in [0.4, 0.5) is 10.3 Å². The summed E-state index contributed by atoms with van der Waals surface area (Å²) in [6.07, 6.45) is 3.19. The fraction of sp³-hybridized carbons (Fsp3) is 0.0769. The second-order valence-corrected chi connectivity index (χ2v) is 3.99. The van der Waals surface area contributed by atoms with Gasteiger partial charge < -0.3 is 10.5 Å². The summed E-state index contributed by atoms with van der Waals surface area (Å²) in [5, 5.41) is 0. The van der Waals surface area contributed by atoms with Crippen molar-refractivity contribution in [2.24, 2.45) is 0 Å². The first-order valence-corrected chi connectivity index (χ1v) is 5.62. The minimum Gasteiger partial charge on any atom is -0.497 e. The van der Waals surface area contributed by atoms with E-state index in [1.54, 1.807) is 30.6 Å². The molecule has 2 N–H and O–H groups in total. The van der Waals surface area contributed by atoms with Gasteiger partial charge in [-0.15, -0.1) is 0 Å². The first-order valence-electron chi connectivity index (χ1n) is 5.62. The van der Waals surface area contributed by atoms with E-state index < -0.39 is 5.82 Å². The van der Waals surface area contributed by atoms with E-state index in [4.69, 9.17) is 10.5 Å². The van der Waals surface area contributed by atoms with Gasteiger partial charge in [0, 0.05) is 12.3 Å². The second kappa shape index (κ2) is 4.24. The number of ether oxygens (including phenoxy) is 1. The maximum atomic E-state index is 14.0. The Morgan fingerprint density at radius 3 is 2.95 bits per heavy atom. The molecular weight excluding hydrogens is 247 g/mol. The van der Waals surface area contributed by atoms with Crippen LogP contribution in [0.1, 0.15) is 0 Å². The van der Waals surface area contributed by atoms with Gasteiger partial charge in [0.25, 0.3) is 0 Å². The summed E-state index contributed by atoms with van der Waals surface area (Å²) < 4.78 is 20.6. The van der Waals surface area contributed by atoms with Crippen molar-refractivity contribution in [3.63, 3.8) is 0 Å². The molecule has 3 rings (SSSR count). The number of hydrogen-bond acceptors (Lipinski definition) is 4.